The summed E-state index contributed by atoms with van der Waals surface area (Å²) in [4.78, 5) is 34.9. The highest BCUT2D eigenvalue weighted by molar-refractivity contribution is 7.99. The summed E-state index contributed by atoms with van der Waals surface area (Å²) in [7, 11) is 0. The number of ether oxygens (including phenoxy) is 4. The molecule has 0 saturated heterocycles. The maximum absolute atomic E-state index is 14.9. The molecular weight excluding hydrogens is 875 g/mol. The number of nitrogens with zero attached hydrogens (tertiary/aromatic N) is 3. The Kier molecular flexibility index (Phi) is 19.0. The number of carbonyl (C=O) groups excluding carboxylic acids is 1. The van der Waals surface area contributed by atoms with E-state index in [9.17, 15) is 30.2 Å². The number of aliphatic hydroxyl groups is 3. The van der Waals surface area contributed by atoms with Gasteiger partial charge < -0.3 is 44.0 Å². The zero-order chi connectivity index (χ0) is 47.8. The smallest absolute Gasteiger partial charge is 0.269 e. The predicted molar refractivity (Wildman–Crippen MR) is 260 cm³/mol. The molecule has 2 aliphatic carbocycles. The summed E-state index contributed by atoms with van der Waals surface area (Å²) in [6.07, 6.45) is 11.6. The van der Waals surface area contributed by atoms with Crippen molar-refractivity contribution in [3.8, 4) is 11.5 Å². The van der Waals surface area contributed by atoms with E-state index in [-0.39, 0.29) is 82.0 Å². The van der Waals surface area contributed by atoms with Crippen molar-refractivity contribution in [3.63, 3.8) is 0 Å². The maximum Gasteiger partial charge on any atom is 0.269 e. The molecule has 3 aliphatic rings. The normalized spacial score (nSPS) is 22.6. The topological polar surface area (TPSA) is 183 Å². The van der Waals surface area contributed by atoms with E-state index >= 15 is 0 Å². The first-order valence-electron chi connectivity index (χ1n) is 23.4. The lowest BCUT2D eigenvalue weighted by Gasteiger charge is -2.60. The molecule has 1 aliphatic heterocycles. The van der Waals surface area contributed by atoms with Crippen molar-refractivity contribution in [1.29, 1.82) is 0 Å². The molecule has 6 atom stereocenters. The highest BCUT2D eigenvalue weighted by Crippen LogP contribution is 2.62. The Balaban J connectivity index is 1.53. The average Bonchev–Trinajstić information content (AvgIpc) is 3.32. The van der Waals surface area contributed by atoms with Crippen LogP contribution in [0.4, 0.5) is 5.69 Å². The van der Waals surface area contributed by atoms with Gasteiger partial charge in [-0.1, -0.05) is 48.3 Å². The van der Waals surface area contributed by atoms with E-state index in [1.54, 1.807) is 40.9 Å². The Morgan fingerprint density at radius 3 is 2.42 bits per heavy atom. The number of aliphatic hydroxyl groups excluding tert-OH is 3. The number of amides is 1. The molecule has 15 heteroatoms. The molecule has 0 aromatic heterocycles. The number of fused-ring (bicyclic) bond motifs is 2. The fourth-order valence-corrected chi connectivity index (χ4v) is 10.2. The minimum Gasteiger partial charge on any atom is -0.493 e. The minimum absolute atomic E-state index is 0.0137. The van der Waals surface area contributed by atoms with Crippen LogP contribution in [0, 0.1) is 27.9 Å². The van der Waals surface area contributed by atoms with Gasteiger partial charge in [-0.3, -0.25) is 14.9 Å². The van der Waals surface area contributed by atoms with Crippen LogP contribution in [0.5, 0.6) is 11.5 Å². The highest BCUT2D eigenvalue weighted by Gasteiger charge is 2.65. The monoisotopic (exact) mass is 941 g/mol. The zero-order valence-corrected chi connectivity index (χ0v) is 39.8. The second-order valence-corrected chi connectivity index (χ2v) is 19.2. The second kappa shape index (κ2) is 24.8. The van der Waals surface area contributed by atoms with Crippen LogP contribution in [-0.2, 0) is 19.1 Å². The van der Waals surface area contributed by atoms with E-state index in [1.165, 1.54) is 18.2 Å². The molecule has 0 spiro atoms. The van der Waals surface area contributed by atoms with E-state index in [4.69, 9.17) is 28.9 Å². The molecule has 6 unspecified atom stereocenters. The van der Waals surface area contributed by atoms with Gasteiger partial charge >= 0.3 is 0 Å². The van der Waals surface area contributed by atoms with Crippen molar-refractivity contribution >= 4 is 35.1 Å². The average molecular weight is 942 g/mol. The molecule has 1 amide bonds. The summed E-state index contributed by atoms with van der Waals surface area (Å²) >= 11 is 1.72. The number of nitro groups is 1. The van der Waals surface area contributed by atoms with Crippen molar-refractivity contribution < 1.29 is 48.8 Å². The van der Waals surface area contributed by atoms with Crippen molar-refractivity contribution in [2.75, 3.05) is 58.5 Å². The Labute approximate surface area is 398 Å². The number of carbonyl (C=O) groups is 1. The molecule has 3 N–H and O–H groups in total. The Morgan fingerprint density at radius 1 is 0.985 bits per heavy atom. The van der Waals surface area contributed by atoms with Gasteiger partial charge in [0.05, 0.1) is 49.6 Å². The summed E-state index contributed by atoms with van der Waals surface area (Å²) in [5, 5.41) is 45.9. The number of unbranched alkanes of at least 4 members (excludes halogenated alkanes) is 2. The van der Waals surface area contributed by atoms with Crippen molar-refractivity contribution in [2.24, 2.45) is 22.9 Å². The Morgan fingerprint density at radius 2 is 1.73 bits per heavy atom. The summed E-state index contributed by atoms with van der Waals surface area (Å²) in [5.41, 5.74) is 2.38. The number of allylic oxidation sites excluding steroid dienone is 1. The number of oxime groups is 1. The molecule has 1 heterocycles. The quantitative estimate of drug-likeness (QED) is 0.0174. The number of rotatable bonds is 26. The lowest BCUT2D eigenvalue weighted by Crippen LogP contribution is -2.70. The van der Waals surface area contributed by atoms with E-state index in [0.717, 1.165) is 47.5 Å². The van der Waals surface area contributed by atoms with Gasteiger partial charge in [-0.05, 0) is 118 Å². The van der Waals surface area contributed by atoms with E-state index in [0.29, 0.717) is 42.2 Å². The third-order valence-corrected chi connectivity index (χ3v) is 13.3. The fraction of sp³-hybridized carbons (Fsp3) is 0.500. The molecule has 6 rings (SSSR count). The van der Waals surface area contributed by atoms with Crippen LogP contribution >= 0.6 is 11.8 Å². The SMILES string of the molecule is C=CCOC12Oc3ccc(OCCSc4ccccc4)cc3C3C(CCCCO)C(CCCCO)C=C(C(=NOC(C)(C)C)CC1N(CCOCCO)C(=O)C=Cc1ccc([N+](=O)[O-])cc1)C32. The molecular formula is C52H67N3O11S. The third-order valence-electron chi connectivity index (χ3n) is 12.3. The summed E-state index contributed by atoms with van der Waals surface area (Å²) in [5.74, 6) is -0.592. The molecule has 3 aromatic rings. The van der Waals surface area contributed by atoms with E-state index in [1.807, 2.05) is 51.1 Å². The Hall–Kier alpha value is -5.03. The molecule has 67 heavy (non-hydrogen) atoms. The van der Waals surface area contributed by atoms with Gasteiger partial charge in [0.2, 0.25) is 11.7 Å². The fourth-order valence-electron chi connectivity index (χ4n) is 9.49. The van der Waals surface area contributed by atoms with E-state index < -0.39 is 28.3 Å². The number of benzene rings is 3. The number of thioether (sulfide) groups is 1. The zero-order valence-electron chi connectivity index (χ0n) is 39.0. The van der Waals surface area contributed by atoms with Gasteiger partial charge in [-0.15, -0.1) is 18.3 Å². The van der Waals surface area contributed by atoms with Gasteiger partial charge in [0.1, 0.15) is 23.1 Å². The largest absolute Gasteiger partial charge is 0.493 e. The van der Waals surface area contributed by atoms with Crippen LogP contribution in [0.25, 0.3) is 6.08 Å². The number of hydrogen-bond acceptors (Lipinski definition) is 13. The summed E-state index contributed by atoms with van der Waals surface area (Å²) in [6.45, 7) is 10.6. The maximum atomic E-state index is 14.9. The molecule has 1 fully saturated rings. The van der Waals surface area contributed by atoms with Gasteiger partial charge in [0, 0.05) is 66.5 Å². The van der Waals surface area contributed by atoms with Gasteiger partial charge in [0.15, 0.2) is 0 Å². The predicted octanol–water partition coefficient (Wildman–Crippen LogP) is 8.75. The lowest BCUT2D eigenvalue weighted by molar-refractivity contribution is -0.384. The van der Waals surface area contributed by atoms with Crippen molar-refractivity contribution in [1.82, 2.24) is 4.90 Å². The van der Waals surface area contributed by atoms with Crippen LogP contribution < -0.4 is 9.47 Å². The second-order valence-electron chi connectivity index (χ2n) is 18.0. The third kappa shape index (κ3) is 13.4. The van der Waals surface area contributed by atoms with Crippen LogP contribution in [0.15, 0.2) is 113 Å². The number of non-ortho nitro benzene ring substituents is 1. The Bertz CT molecular complexity index is 2180. The van der Waals surface area contributed by atoms with Crippen LogP contribution in [0.1, 0.15) is 82.8 Å². The first-order valence-corrected chi connectivity index (χ1v) is 24.4. The van der Waals surface area contributed by atoms with Crippen LogP contribution in [0.3, 0.4) is 0 Å². The molecule has 14 nitrogen and oxygen atoms in total. The summed E-state index contributed by atoms with van der Waals surface area (Å²) in [6, 6.07) is 21.2. The molecule has 0 bridgehead atoms. The van der Waals surface area contributed by atoms with Gasteiger partial charge in [-0.25, -0.2) is 0 Å². The first-order chi connectivity index (χ1) is 32.4. The van der Waals surface area contributed by atoms with Gasteiger partial charge in [0.25, 0.3) is 5.69 Å². The minimum atomic E-state index is -1.51. The van der Waals surface area contributed by atoms with Crippen LogP contribution in [0.2, 0.25) is 0 Å². The molecule has 362 valence electrons. The number of hydrogen-bond donors (Lipinski definition) is 3. The van der Waals surface area contributed by atoms with Gasteiger partial charge in [-0.2, -0.15) is 0 Å². The summed E-state index contributed by atoms with van der Waals surface area (Å²) < 4.78 is 26.7. The molecule has 1 saturated carbocycles. The standard InChI is InChI=1S/C52H67N3O11S/c1-5-29-64-52-47(54(25-30-62-31-28-58)48(59)24-19-37-17-20-39(21-18-37)55(60)61)36-45(53-66-51(2,3)4)43-34-38(13-9-11-26-56)42(16-10-12-27-57)49(50(43)52)44-35-40(22-23-46(44)65-52)63-32-33-67-41-14-7-6-8-15-41/h5-8,14-15,17-24,34-35,38,42,47,49-50,56-58H,1,9-13,16,25-33,36H2,2-4H3. The van der Waals surface area contributed by atoms with E-state index in [2.05, 4.69) is 30.9 Å². The molecule has 3 aromatic carbocycles. The number of nitro benzene ring substituents is 1. The highest BCUT2D eigenvalue weighted by atomic mass is 32.2. The lowest BCUT2D eigenvalue weighted by atomic mass is 9.55. The van der Waals surface area contributed by atoms with Crippen LogP contribution in [-0.4, -0.2) is 113 Å². The first kappa shape index (κ1) is 51.4. The van der Waals surface area contributed by atoms with Crippen molar-refractivity contribution in [2.45, 2.75) is 94.0 Å². The van der Waals surface area contributed by atoms with Crippen molar-refractivity contribution in [3.05, 3.63) is 124 Å². The molecule has 0 radical (unpaired) electrons.